The third-order valence-electron chi connectivity index (χ3n) is 5.44. The van der Waals surface area contributed by atoms with E-state index < -0.39 is 23.5 Å². The van der Waals surface area contributed by atoms with Crippen LogP contribution in [0.4, 0.5) is 4.39 Å². The molecule has 1 N–H and O–H groups in total. The number of hydrogen-bond donors (Lipinski definition) is 1. The fourth-order valence-corrected chi connectivity index (χ4v) is 3.84. The van der Waals surface area contributed by atoms with Gasteiger partial charge in [-0.1, -0.05) is 12.1 Å². The Balaban J connectivity index is 1.72. The number of morpholine rings is 1. The molecule has 7 nitrogen and oxygen atoms in total. The quantitative estimate of drug-likeness (QED) is 0.460. The van der Waals surface area contributed by atoms with Crippen LogP contribution in [0.15, 0.2) is 54.4 Å². The molecular formula is C22H22FN3O4. The van der Waals surface area contributed by atoms with Crippen LogP contribution in [0.3, 0.4) is 0 Å². The Labute approximate surface area is 173 Å². The number of halogens is 1. The van der Waals surface area contributed by atoms with E-state index in [-0.39, 0.29) is 11.3 Å². The van der Waals surface area contributed by atoms with Crippen LogP contribution in [0.5, 0.6) is 0 Å². The molecule has 0 bridgehead atoms. The van der Waals surface area contributed by atoms with Crippen molar-refractivity contribution < 1.29 is 23.8 Å². The summed E-state index contributed by atoms with van der Waals surface area (Å²) >= 11 is 0. The average Bonchev–Trinajstić information content (AvgIpc) is 3.04. The maximum atomic E-state index is 13.5. The van der Waals surface area contributed by atoms with Gasteiger partial charge in [0, 0.05) is 44.1 Å². The molecule has 156 valence electrons. The number of rotatable bonds is 5. The molecule has 0 saturated carbocycles. The van der Waals surface area contributed by atoms with Gasteiger partial charge in [-0.15, -0.1) is 0 Å². The average molecular weight is 411 g/mol. The second-order valence-electron chi connectivity index (χ2n) is 7.23. The van der Waals surface area contributed by atoms with Crippen molar-refractivity contribution in [3.63, 3.8) is 0 Å². The van der Waals surface area contributed by atoms with Crippen molar-refractivity contribution in [2.24, 2.45) is 0 Å². The van der Waals surface area contributed by atoms with Gasteiger partial charge >= 0.3 is 0 Å². The minimum atomic E-state index is -0.792. The van der Waals surface area contributed by atoms with Crippen LogP contribution in [0, 0.1) is 5.82 Å². The van der Waals surface area contributed by atoms with E-state index >= 15 is 0 Å². The molecule has 1 aromatic heterocycles. The van der Waals surface area contributed by atoms with Crippen molar-refractivity contribution in [3.8, 4) is 0 Å². The van der Waals surface area contributed by atoms with Crippen molar-refractivity contribution in [3.05, 3.63) is 71.3 Å². The molecule has 3 heterocycles. The standard InChI is InChI=1S/C22H22FN3O4/c23-17-3-1-15(2-4-17)19-18(20(27)16-5-7-24-8-6-16)21(28)22(29)26(19)10-9-25-11-13-30-14-12-25/h1-8,19,27H,9-14H2/b20-18+. The van der Waals surface area contributed by atoms with Gasteiger partial charge in [0.15, 0.2) is 0 Å². The first-order chi connectivity index (χ1) is 14.6. The van der Waals surface area contributed by atoms with E-state index in [1.807, 2.05) is 0 Å². The summed E-state index contributed by atoms with van der Waals surface area (Å²) in [6, 6.07) is 7.98. The Morgan fingerprint density at radius 2 is 1.73 bits per heavy atom. The Bertz CT molecular complexity index is 956. The van der Waals surface area contributed by atoms with Crippen molar-refractivity contribution in [1.82, 2.24) is 14.8 Å². The number of pyridine rings is 1. The number of ketones is 1. The number of aromatic nitrogens is 1. The lowest BCUT2D eigenvalue weighted by molar-refractivity contribution is -0.140. The maximum Gasteiger partial charge on any atom is 0.295 e. The first kappa shape index (κ1) is 20.2. The van der Waals surface area contributed by atoms with Gasteiger partial charge < -0.3 is 14.7 Å². The number of carbonyl (C=O) groups excluding carboxylic acids is 2. The first-order valence-electron chi connectivity index (χ1n) is 9.80. The van der Waals surface area contributed by atoms with Crippen LogP contribution in [-0.2, 0) is 14.3 Å². The van der Waals surface area contributed by atoms with Crippen LogP contribution in [0.25, 0.3) is 5.76 Å². The number of benzene rings is 1. The van der Waals surface area contributed by atoms with Crippen LogP contribution < -0.4 is 0 Å². The van der Waals surface area contributed by atoms with E-state index in [0.29, 0.717) is 37.4 Å². The summed E-state index contributed by atoms with van der Waals surface area (Å²) in [5.41, 5.74) is 0.955. The summed E-state index contributed by atoms with van der Waals surface area (Å²) in [6.45, 7) is 3.64. The summed E-state index contributed by atoms with van der Waals surface area (Å²) < 4.78 is 18.9. The lowest BCUT2D eigenvalue weighted by Crippen LogP contribution is -2.42. The highest BCUT2D eigenvalue weighted by atomic mass is 19.1. The molecule has 0 aliphatic carbocycles. The number of aliphatic hydroxyl groups is 1. The molecule has 2 saturated heterocycles. The van der Waals surface area contributed by atoms with Gasteiger partial charge in [-0.05, 0) is 29.8 Å². The normalized spacial score (nSPS) is 21.9. The predicted octanol–water partition coefficient (Wildman–Crippen LogP) is 1.97. The van der Waals surface area contributed by atoms with Crippen molar-refractivity contribution in [2.45, 2.75) is 6.04 Å². The Morgan fingerprint density at radius 3 is 2.40 bits per heavy atom. The molecule has 2 fully saturated rings. The molecule has 2 aliphatic rings. The lowest BCUT2D eigenvalue weighted by atomic mass is 9.95. The van der Waals surface area contributed by atoms with Crippen molar-refractivity contribution in [2.75, 3.05) is 39.4 Å². The van der Waals surface area contributed by atoms with E-state index in [0.717, 1.165) is 13.1 Å². The summed E-state index contributed by atoms with van der Waals surface area (Å²) in [4.78, 5) is 33.3. The highest BCUT2D eigenvalue weighted by Gasteiger charge is 2.46. The van der Waals surface area contributed by atoms with Gasteiger partial charge in [0.05, 0.1) is 24.8 Å². The van der Waals surface area contributed by atoms with Gasteiger partial charge in [-0.25, -0.2) is 4.39 Å². The number of ether oxygens (including phenoxy) is 1. The largest absolute Gasteiger partial charge is 0.507 e. The van der Waals surface area contributed by atoms with Crippen LogP contribution in [-0.4, -0.2) is 71.0 Å². The van der Waals surface area contributed by atoms with Gasteiger partial charge in [-0.2, -0.15) is 0 Å². The SMILES string of the molecule is O=C1C(=O)N(CCN2CCOCC2)C(c2ccc(F)cc2)/C1=C(\O)c1ccncc1. The van der Waals surface area contributed by atoms with Gasteiger partial charge in [0.2, 0.25) is 0 Å². The third kappa shape index (κ3) is 3.96. The number of hydrogen-bond acceptors (Lipinski definition) is 6. The molecule has 1 atom stereocenters. The van der Waals surface area contributed by atoms with Crippen LogP contribution in [0.2, 0.25) is 0 Å². The van der Waals surface area contributed by atoms with Gasteiger partial charge in [-0.3, -0.25) is 19.5 Å². The lowest BCUT2D eigenvalue weighted by Gasteiger charge is -2.31. The molecule has 30 heavy (non-hydrogen) atoms. The Hall–Kier alpha value is -3.10. The fraction of sp³-hybridized carbons (Fsp3) is 0.318. The smallest absolute Gasteiger partial charge is 0.295 e. The molecule has 0 spiro atoms. The zero-order valence-electron chi connectivity index (χ0n) is 16.3. The molecule has 2 aromatic rings. The highest BCUT2D eigenvalue weighted by Crippen LogP contribution is 2.39. The number of Topliss-reactive ketones (excluding diaryl/α,β-unsaturated/α-hetero) is 1. The Morgan fingerprint density at radius 1 is 1.07 bits per heavy atom. The minimum absolute atomic E-state index is 0.000198. The fourth-order valence-electron chi connectivity index (χ4n) is 3.84. The predicted molar refractivity (Wildman–Crippen MR) is 107 cm³/mol. The van der Waals surface area contributed by atoms with Gasteiger partial charge in [0.25, 0.3) is 11.7 Å². The number of aliphatic hydroxyl groups excluding tert-OH is 1. The Kier molecular flexibility index (Phi) is 5.87. The number of carbonyl (C=O) groups is 2. The number of likely N-dealkylation sites (tertiary alicyclic amines) is 1. The summed E-state index contributed by atoms with van der Waals surface area (Å²) in [5.74, 6) is -2.11. The topological polar surface area (TPSA) is 83.0 Å². The second kappa shape index (κ2) is 8.73. The molecule has 1 amide bonds. The molecule has 2 aliphatic heterocycles. The minimum Gasteiger partial charge on any atom is -0.507 e. The highest BCUT2D eigenvalue weighted by molar-refractivity contribution is 6.46. The van der Waals surface area contributed by atoms with E-state index in [1.165, 1.54) is 41.6 Å². The molecule has 1 unspecified atom stereocenters. The maximum absolute atomic E-state index is 13.5. The molecule has 0 radical (unpaired) electrons. The monoisotopic (exact) mass is 411 g/mol. The first-order valence-corrected chi connectivity index (χ1v) is 9.80. The van der Waals surface area contributed by atoms with E-state index in [1.54, 1.807) is 12.1 Å². The zero-order valence-corrected chi connectivity index (χ0v) is 16.3. The number of amides is 1. The molecule has 4 rings (SSSR count). The van der Waals surface area contributed by atoms with E-state index in [4.69, 9.17) is 4.74 Å². The zero-order chi connectivity index (χ0) is 21.1. The van der Waals surface area contributed by atoms with Crippen molar-refractivity contribution in [1.29, 1.82) is 0 Å². The summed E-state index contributed by atoms with van der Waals surface area (Å²) in [5, 5.41) is 10.9. The molecular weight excluding hydrogens is 389 g/mol. The second-order valence-corrected chi connectivity index (χ2v) is 7.23. The van der Waals surface area contributed by atoms with Crippen LogP contribution >= 0.6 is 0 Å². The summed E-state index contributed by atoms with van der Waals surface area (Å²) in [6.07, 6.45) is 2.99. The molecule has 1 aromatic carbocycles. The van der Waals surface area contributed by atoms with Crippen LogP contribution in [0.1, 0.15) is 17.2 Å². The van der Waals surface area contributed by atoms with Crippen molar-refractivity contribution >= 4 is 17.4 Å². The van der Waals surface area contributed by atoms with E-state index in [2.05, 4.69) is 9.88 Å². The molecule has 8 heteroatoms. The number of nitrogens with zero attached hydrogens (tertiary/aromatic N) is 3. The van der Waals surface area contributed by atoms with E-state index in [9.17, 15) is 19.1 Å². The summed E-state index contributed by atoms with van der Waals surface area (Å²) in [7, 11) is 0. The third-order valence-corrected chi connectivity index (χ3v) is 5.44. The van der Waals surface area contributed by atoms with Gasteiger partial charge in [0.1, 0.15) is 11.6 Å².